The van der Waals surface area contributed by atoms with Crippen molar-refractivity contribution in [1.29, 1.82) is 0 Å². The van der Waals surface area contributed by atoms with E-state index in [1.165, 1.54) is 31.3 Å². The van der Waals surface area contributed by atoms with E-state index in [2.05, 4.69) is 32.0 Å². The first-order valence-electron chi connectivity index (χ1n) is 10.3. The van der Waals surface area contributed by atoms with E-state index >= 15 is 0 Å². The van der Waals surface area contributed by atoms with E-state index in [-0.39, 0.29) is 0 Å². The number of halogens is 1. The molecule has 0 amide bonds. The van der Waals surface area contributed by atoms with Crippen LogP contribution >= 0.6 is 15.9 Å². The van der Waals surface area contributed by atoms with Crippen molar-refractivity contribution in [2.45, 2.75) is 51.4 Å². The highest BCUT2D eigenvalue weighted by Gasteiger charge is 2.15. The number of hydrogen-bond donors (Lipinski definition) is 4. The number of allylic oxidation sites excluding steroid dienone is 4. The molecule has 2 aromatic heterocycles. The molecule has 2 aliphatic carbocycles. The largest absolute Gasteiger partial charge is 0.483 e. The zero-order chi connectivity index (χ0) is 21.8. The minimum atomic E-state index is -1.20. The predicted octanol–water partition coefficient (Wildman–Crippen LogP) is 4.55. The standard InChI is InChI=1S/C11H14N2.C6H11BO2.C5H5BrN2/c12-11-8-4-7-10(13-11)9-5-2-1-3-6-9;8-7(9)6-4-2-1-3-5-6;6-4-2-1-3-5(7)8-4/h4-5,7-8H,1-3,6H2,(H2,12,13);4,8-9H,1-3,5H2;1-3H,(H2,7,8). The molecule has 0 unspecified atom stereocenters. The molecule has 2 aliphatic rings. The smallest absolute Gasteiger partial charge is 0.423 e. The molecule has 2 heterocycles. The zero-order valence-corrected chi connectivity index (χ0v) is 18.8. The van der Waals surface area contributed by atoms with Crippen molar-refractivity contribution >= 4 is 40.3 Å². The van der Waals surface area contributed by atoms with Gasteiger partial charge in [0.15, 0.2) is 0 Å². The van der Waals surface area contributed by atoms with E-state index in [1.54, 1.807) is 6.07 Å². The van der Waals surface area contributed by atoms with E-state index in [9.17, 15) is 0 Å². The van der Waals surface area contributed by atoms with Crippen molar-refractivity contribution < 1.29 is 10.0 Å². The van der Waals surface area contributed by atoms with Crippen molar-refractivity contribution in [3.63, 3.8) is 0 Å². The number of nitrogens with two attached hydrogens (primary N) is 2. The topological polar surface area (TPSA) is 118 Å². The lowest BCUT2D eigenvalue weighted by Gasteiger charge is -2.11. The van der Waals surface area contributed by atoms with Crippen LogP contribution in [0.5, 0.6) is 0 Å². The molecule has 4 rings (SSSR count). The van der Waals surface area contributed by atoms with Gasteiger partial charge in [-0.2, -0.15) is 0 Å². The summed E-state index contributed by atoms with van der Waals surface area (Å²) in [6, 6.07) is 11.2. The minimum absolute atomic E-state index is 0.541. The molecule has 0 bridgehead atoms. The number of nitrogen functional groups attached to an aromatic ring is 2. The highest BCUT2D eigenvalue weighted by molar-refractivity contribution is 9.10. The summed E-state index contributed by atoms with van der Waals surface area (Å²) in [6.07, 6.45) is 13.3. The molecule has 0 aliphatic heterocycles. The summed E-state index contributed by atoms with van der Waals surface area (Å²) in [5.41, 5.74) is 14.2. The summed E-state index contributed by atoms with van der Waals surface area (Å²) in [7, 11) is -1.20. The molecule has 0 spiro atoms. The number of nitrogens with zero attached hydrogens (tertiary/aromatic N) is 2. The van der Waals surface area contributed by atoms with Crippen molar-refractivity contribution in [3.8, 4) is 0 Å². The lowest BCUT2D eigenvalue weighted by atomic mass is 9.74. The van der Waals surface area contributed by atoms with E-state index in [0.29, 0.717) is 11.6 Å². The molecule has 6 N–H and O–H groups in total. The van der Waals surface area contributed by atoms with Gasteiger partial charge >= 0.3 is 7.12 Å². The van der Waals surface area contributed by atoms with Crippen LogP contribution < -0.4 is 11.5 Å². The van der Waals surface area contributed by atoms with Crippen LogP contribution in [0.15, 0.2) is 58.6 Å². The van der Waals surface area contributed by atoms with Gasteiger partial charge in [-0.3, -0.25) is 0 Å². The molecule has 0 saturated carbocycles. The predicted molar refractivity (Wildman–Crippen MR) is 128 cm³/mol. The number of aromatic nitrogens is 2. The number of rotatable bonds is 2. The summed E-state index contributed by atoms with van der Waals surface area (Å²) in [5.74, 6) is 1.16. The molecule has 6 nitrogen and oxygen atoms in total. The maximum Gasteiger partial charge on any atom is 0.483 e. The molecule has 0 atom stereocenters. The monoisotopic (exact) mass is 472 g/mol. The molecular formula is C22H30BBrN4O2. The van der Waals surface area contributed by atoms with Gasteiger partial charge < -0.3 is 21.5 Å². The fourth-order valence-corrected chi connectivity index (χ4v) is 3.58. The van der Waals surface area contributed by atoms with Crippen molar-refractivity contribution in [2.75, 3.05) is 11.5 Å². The molecule has 0 aromatic carbocycles. The maximum atomic E-state index is 8.66. The second-order valence-electron chi connectivity index (χ2n) is 7.21. The van der Waals surface area contributed by atoms with Gasteiger partial charge in [0, 0.05) is 0 Å². The minimum Gasteiger partial charge on any atom is -0.423 e. The molecule has 0 fully saturated rings. The second-order valence-corrected chi connectivity index (χ2v) is 8.02. The van der Waals surface area contributed by atoms with Crippen molar-refractivity contribution in [1.82, 2.24) is 9.97 Å². The van der Waals surface area contributed by atoms with Crippen LogP contribution in [0.2, 0.25) is 0 Å². The van der Waals surface area contributed by atoms with Crippen LogP contribution in [0.1, 0.15) is 57.1 Å². The zero-order valence-electron chi connectivity index (χ0n) is 17.2. The van der Waals surface area contributed by atoms with E-state index in [4.69, 9.17) is 21.5 Å². The first kappa shape index (κ1) is 24.1. The molecule has 30 heavy (non-hydrogen) atoms. The molecule has 2 aromatic rings. The third-order valence-corrected chi connectivity index (χ3v) is 5.23. The van der Waals surface area contributed by atoms with Gasteiger partial charge in [-0.1, -0.05) is 24.3 Å². The number of pyridine rings is 2. The van der Waals surface area contributed by atoms with Crippen LogP contribution in [0.3, 0.4) is 0 Å². The summed E-state index contributed by atoms with van der Waals surface area (Å²) in [6.45, 7) is 0. The van der Waals surface area contributed by atoms with Crippen molar-refractivity contribution in [2.24, 2.45) is 0 Å². The Morgan fingerprint density at radius 2 is 1.43 bits per heavy atom. The van der Waals surface area contributed by atoms with Crippen LogP contribution in [0.4, 0.5) is 11.6 Å². The van der Waals surface area contributed by atoms with Crippen LogP contribution in [-0.4, -0.2) is 27.1 Å². The average Bonchev–Trinajstić information content (AvgIpc) is 2.76. The Morgan fingerprint density at radius 3 is 1.87 bits per heavy atom. The van der Waals surface area contributed by atoms with Crippen molar-refractivity contribution in [3.05, 3.63) is 64.3 Å². The van der Waals surface area contributed by atoms with E-state index in [0.717, 1.165) is 41.5 Å². The molecular weight excluding hydrogens is 443 g/mol. The normalized spacial score (nSPS) is 15.4. The summed E-state index contributed by atoms with van der Waals surface area (Å²) >= 11 is 3.17. The number of anilines is 2. The fraction of sp³-hybridized carbons (Fsp3) is 0.364. The third kappa shape index (κ3) is 9.11. The Labute approximate surface area is 187 Å². The highest BCUT2D eigenvalue weighted by atomic mass is 79.9. The maximum absolute atomic E-state index is 8.66. The lowest BCUT2D eigenvalue weighted by molar-refractivity contribution is 0.414. The number of hydrogen-bond acceptors (Lipinski definition) is 6. The molecule has 0 saturated heterocycles. The summed E-state index contributed by atoms with van der Waals surface area (Å²) in [5, 5.41) is 17.3. The average molecular weight is 473 g/mol. The van der Waals surface area contributed by atoms with Gasteiger partial charge in [-0.25, -0.2) is 9.97 Å². The van der Waals surface area contributed by atoms with Gasteiger partial charge in [-0.15, -0.1) is 0 Å². The highest BCUT2D eigenvalue weighted by Crippen LogP contribution is 2.25. The molecule has 0 radical (unpaired) electrons. The van der Waals surface area contributed by atoms with Crippen LogP contribution in [0, 0.1) is 0 Å². The SMILES string of the molecule is Nc1cccc(Br)n1.Nc1cccc(C2=CCCCC2)n1.OB(O)C1=CCCCC1. The van der Waals surface area contributed by atoms with Crippen LogP contribution in [0.25, 0.3) is 5.57 Å². The lowest BCUT2D eigenvalue weighted by Crippen LogP contribution is -2.16. The second kappa shape index (κ2) is 13.2. The van der Waals surface area contributed by atoms with Gasteiger partial charge in [0.05, 0.1) is 5.69 Å². The fourth-order valence-electron chi connectivity index (χ4n) is 3.22. The third-order valence-electron chi connectivity index (χ3n) is 4.79. The van der Waals surface area contributed by atoms with Crippen LogP contribution in [-0.2, 0) is 0 Å². The van der Waals surface area contributed by atoms with E-state index < -0.39 is 7.12 Å². The summed E-state index contributed by atoms with van der Waals surface area (Å²) < 4.78 is 0.775. The van der Waals surface area contributed by atoms with E-state index in [1.807, 2.05) is 36.4 Å². The van der Waals surface area contributed by atoms with Gasteiger partial charge in [0.1, 0.15) is 16.2 Å². The Morgan fingerprint density at radius 1 is 0.800 bits per heavy atom. The summed E-state index contributed by atoms with van der Waals surface area (Å²) in [4.78, 5) is 8.17. The Hall–Kier alpha value is -2.16. The Bertz CT molecular complexity index is 841. The molecule has 8 heteroatoms. The van der Waals surface area contributed by atoms with Gasteiger partial charge in [0.2, 0.25) is 0 Å². The Balaban J connectivity index is 0.000000167. The quantitative estimate of drug-likeness (QED) is 0.376. The molecule has 160 valence electrons. The van der Waals surface area contributed by atoms with Gasteiger partial charge in [-0.05, 0) is 103 Å². The van der Waals surface area contributed by atoms with Gasteiger partial charge in [0.25, 0.3) is 0 Å². The first-order chi connectivity index (χ1) is 14.5. The Kier molecular flexibility index (Phi) is 10.6. The first-order valence-corrected chi connectivity index (χ1v) is 11.1.